The van der Waals surface area contributed by atoms with Crippen LogP contribution in [0.25, 0.3) is 0 Å². The van der Waals surface area contributed by atoms with E-state index in [1.54, 1.807) is 18.3 Å². The summed E-state index contributed by atoms with van der Waals surface area (Å²) in [5, 5.41) is 5.17. The highest BCUT2D eigenvalue weighted by molar-refractivity contribution is 9.10. The molecule has 24 heavy (non-hydrogen) atoms. The highest BCUT2D eigenvalue weighted by Crippen LogP contribution is 2.57. The van der Waals surface area contributed by atoms with Gasteiger partial charge in [-0.1, -0.05) is 24.3 Å². The highest BCUT2D eigenvalue weighted by Gasteiger charge is 2.41. The number of hydrogen-bond acceptors (Lipinski definition) is 3. The third-order valence-corrected chi connectivity index (χ3v) is 5.95. The summed E-state index contributed by atoms with van der Waals surface area (Å²) in [6.07, 6.45) is 2.80. The lowest BCUT2D eigenvalue weighted by molar-refractivity contribution is 0.102. The number of hydrogen-bond donors (Lipinski definition) is 1. The SMILES string of the molecule is O=C(Nc1ccccc1C1CC1c1cccs1)c1cccnc1Br. The normalized spacial score (nSPS) is 19.0. The van der Waals surface area contributed by atoms with Crippen LogP contribution in [0.3, 0.4) is 0 Å². The molecule has 1 saturated carbocycles. The maximum Gasteiger partial charge on any atom is 0.258 e. The van der Waals surface area contributed by atoms with Crippen molar-refractivity contribution in [3.63, 3.8) is 0 Å². The van der Waals surface area contributed by atoms with Crippen molar-refractivity contribution in [1.29, 1.82) is 0 Å². The Labute approximate surface area is 152 Å². The number of aromatic nitrogens is 1. The lowest BCUT2D eigenvalue weighted by Gasteiger charge is -2.11. The second kappa shape index (κ2) is 6.49. The van der Waals surface area contributed by atoms with Crippen LogP contribution in [-0.2, 0) is 0 Å². The summed E-state index contributed by atoms with van der Waals surface area (Å²) in [5.74, 6) is 0.918. The van der Waals surface area contributed by atoms with E-state index < -0.39 is 0 Å². The number of rotatable bonds is 4. The summed E-state index contributed by atoms with van der Waals surface area (Å²) in [4.78, 5) is 18.1. The quantitative estimate of drug-likeness (QED) is 0.595. The van der Waals surface area contributed by atoms with Crippen LogP contribution < -0.4 is 5.32 Å². The van der Waals surface area contributed by atoms with Gasteiger partial charge in [-0.05, 0) is 63.5 Å². The van der Waals surface area contributed by atoms with Crippen LogP contribution in [0.1, 0.15) is 39.1 Å². The zero-order chi connectivity index (χ0) is 16.5. The Balaban J connectivity index is 1.57. The van der Waals surface area contributed by atoms with E-state index in [0.29, 0.717) is 22.0 Å². The van der Waals surface area contributed by atoms with Gasteiger partial charge in [0.1, 0.15) is 4.60 Å². The van der Waals surface area contributed by atoms with E-state index in [4.69, 9.17) is 0 Å². The summed E-state index contributed by atoms with van der Waals surface area (Å²) >= 11 is 5.14. The third-order valence-electron chi connectivity index (χ3n) is 4.31. The minimum Gasteiger partial charge on any atom is -0.322 e. The molecule has 2 unspecified atom stereocenters. The smallest absolute Gasteiger partial charge is 0.258 e. The predicted molar refractivity (Wildman–Crippen MR) is 101 cm³/mol. The summed E-state index contributed by atoms with van der Waals surface area (Å²) in [6, 6.07) is 15.9. The van der Waals surface area contributed by atoms with Gasteiger partial charge in [0.15, 0.2) is 0 Å². The van der Waals surface area contributed by atoms with Crippen molar-refractivity contribution in [3.05, 3.63) is 80.7 Å². The fraction of sp³-hybridized carbons (Fsp3) is 0.158. The van der Waals surface area contributed by atoms with Crippen molar-refractivity contribution in [2.45, 2.75) is 18.3 Å². The van der Waals surface area contributed by atoms with E-state index in [0.717, 1.165) is 12.1 Å². The average molecular weight is 399 g/mol. The first-order valence-electron chi connectivity index (χ1n) is 7.78. The molecule has 1 fully saturated rings. The molecule has 3 nitrogen and oxygen atoms in total. The number of carbonyl (C=O) groups excluding carboxylic acids is 1. The standard InChI is InChI=1S/C19H15BrN2OS/c20-18-13(6-3-9-21-18)19(23)22-16-7-2-1-5-12(16)14-11-15(14)17-8-4-10-24-17/h1-10,14-15H,11H2,(H,22,23). The molecular formula is C19H15BrN2OS. The number of para-hydroxylation sites is 1. The van der Waals surface area contributed by atoms with E-state index >= 15 is 0 Å². The molecule has 2 aromatic heterocycles. The molecule has 0 bridgehead atoms. The van der Waals surface area contributed by atoms with Gasteiger partial charge in [-0.2, -0.15) is 0 Å². The Kier molecular flexibility index (Phi) is 4.21. The first kappa shape index (κ1) is 15.5. The molecule has 1 amide bonds. The monoisotopic (exact) mass is 398 g/mol. The Hall–Kier alpha value is -1.98. The fourth-order valence-corrected chi connectivity index (χ4v) is 4.37. The van der Waals surface area contributed by atoms with Crippen molar-refractivity contribution in [2.24, 2.45) is 0 Å². The number of thiophene rings is 1. The van der Waals surface area contributed by atoms with Gasteiger partial charge in [0.2, 0.25) is 0 Å². The number of pyridine rings is 1. The fourth-order valence-electron chi connectivity index (χ4n) is 3.03. The summed E-state index contributed by atoms with van der Waals surface area (Å²) < 4.78 is 0.558. The van der Waals surface area contributed by atoms with E-state index in [2.05, 4.69) is 49.8 Å². The third kappa shape index (κ3) is 3.01. The largest absolute Gasteiger partial charge is 0.322 e. The topological polar surface area (TPSA) is 42.0 Å². The highest BCUT2D eigenvalue weighted by atomic mass is 79.9. The molecule has 1 aliphatic rings. The molecule has 0 aliphatic heterocycles. The Morgan fingerprint density at radius 2 is 2.00 bits per heavy atom. The van der Waals surface area contributed by atoms with Crippen molar-refractivity contribution >= 4 is 38.9 Å². The van der Waals surface area contributed by atoms with Gasteiger partial charge < -0.3 is 5.32 Å². The van der Waals surface area contributed by atoms with Gasteiger partial charge in [0.05, 0.1) is 5.56 Å². The molecular weight excluding hydrogens is 384 g/mol. The van der Waals surface area contributed by atoms with E-state index in [1.165, 1.54) is 10.4 Å². The maximum absolute atomic E-state index is 12.6. The van der Waals surface area contributed by atoms with Crippen LogP contribution in [0, 0.1) is 0 Å². The number of carbonyl (C=O) groups is 1. The van der Waals surface area contributed by atoms with Gasteiger partial charge in [-0.15, -0.1) is 11.3 Å². The minimum atomic E-state index is -0.143. The van der Waals surface area contributed by atoms with Crippen LogP contribution in [-0.4, -0.2) is 10.9 Å². The zero-order valence-electron chi connectivity index (χ0n) is 12.8. The summed E-state index contributed by atoms with van der Waals surface area (Å²) in [7, 11) is 0. The zero-order valence-corrected chi connectivity index (χ0v) is 15.2. The second-order valence-electron chi connectivity index (χ2n) is 5.85. The van der Waals surface area contributed by atoms with Crippen LogP contribution >= 0.6 is 27.3 Å². The molecule has 2 heterocycles. The van der Waals surface area contributed by atoms with E-state index in [1.807, 2.05) is 29.5 Å². The van der Waals surface area contributed by atoms with Crippen molar-refractivity contribution in [1.82, 2.24) is 4.98 Å². The summed E-state index contributed by atoms with van der Waals surface area (Å²) in [5.41, 5.74) is 2.64. The molecule has 0 radical (unpaired) electrons. The molecule has 5 heteroatoms. The predicted octanol–water partition coefficient (Wildman–Crippen LogP) is 5.43. The molecule has 4 rings (SSSR count). The molecule has 0 spiro atoms. The first-order valence-corrected chi connectivity index (χ1v) is 9.45. The van der Waals surface area contributed by atoms with Crippen LogP contribution in [0.2, 0.25) is 0 Å². The van der Waals surface area contributed by atoms with Crippen LogP contribution in [0.4, 0.5) is 5.69 Å². The van der Waals surface area contributed by atoms with Gasteiger partial charge in [0.25, 0.3) is 5.91 Å². The molecule has 1 aromatic carbocycles. The summed E-state index contributed by atoms with van der Waals surface area (Å²) in [6.45, 7) is 0. The van der Waals surface area contributed by atoms with E-state index in [9.17, 15) is 4.79 Å². The molecule has 1 N–H and O–H groups in total. The van der Waals surface area contributed by atoms with Gasteiger partial charge in [-0.3, -0.25) is 4.79 Å². The first-order chi connectivity index (χ1) is 11.7. The molecule has 3 aromatic rings. The minimum absolute atomic E-state index is 0.143. The van der Waals surface area contributed by atoms with Crippen LogP contribution in [0.15, 0.2) is 64.7 Å². The maximum atomic E-state index is 12.6. The molecule has 2 atom stereocenters. The number of halogens is 1. The van der Waals surface area contributed by atoms with Crippen LogP contribution in [0.5, 0.6) is 0 Å². The van der Waals surface area contributed by atoms with Crippen molar-refractivity contribution in [2.75, 3.05) is 5.32 Å². The Morgan fingerprint density at radius 3 is 2.79 bits per heavy atom. The number of nitrogens with one attached hydrogen (secondary N) is 1. The van der Waals surface area contributed by atoms with E-state index in [-0.39, 0.29) is 5.91 Å². The molecule has 0 saturated heterocycles. The lowest BCUT2D eigenvalue weighted by atomic mass is 10.1. The van der Waals surface area contributed by atoms with Crippen molar-refractivity contribution in [3.8, 4) is 0 Å². The second-order valence-corrected chi connectivity index (χ2v) is 7.58. The molecule has 120 valence electrons. The lowest BCUT2D eigenvalue weighted by Crippen LogP contribution is -2.14. The van der Waals surface area contributed by atoms with Gasteiger partial charge in [-0.25, -0.2) is 4.98 Å². The van der Waals surface area contributed by atoms with Crippen molar-refractivity contribution < 1.29 is 4.79 Å². The average Bonchev–Trinajstić information content (AvgIpc) is 3.20. The number of anilines is 1. The number of benzene rings is 1. The Morgan fingerprint density at radius 1 is 1.12 bits per heavy atom. The molecule has 1 aliphatic carbocycles. The van der Waals surface area contributed by atoms with Gasteiger partial charge in [0, 0.05) is 22.7 Å². The number of amides is 1. The Bertz CT molecular complexity index is 879. The van der Waals surface area contributed by atoms with Gasteiger partial charge >= 0.3 is 0 Å². The number of nitrogens with zero attached hydrogens (tertiary/aromatic N) is 1.